The minimum Gasteiger partial charge on any atom is -0.421 e. The lowest BCUT2D eigenvalue weighted by atomic mass is 10.0. The van der Waals surface area contributed by atoms with E-state index in [0.717, 1.165) is 4.47 Å². The Bertz CT molecular complexity index is 1810. The molecule has 0 saturated carbocycles. The standard InChI is InChI=1S/C29H16Br3ClFN3O3/c30-17-7-5-15(6-8-17)29(39)40-27-16(11-18(31)12-22(27)32)14-35-37-28(38)26-25(20-3-1-2-4-23(20)33)21-13-19(34)9-10-24(21)36-26/h1-14,36H,(H,37,38). The molecule has 1 heterocycles. The zero-order valence-electron chi connectivity index (χ0n) is 20.1. The highest BCUT2D eigenvalue weighted by Gasteiger charge is 2.21. The average molecular weight is 749 g/mol. The molecular formula is C29H16Br3ClFN3O3. The van der Waals surface area contributed by atoms with Crippen molar-refractivity contribution in [2.75, 3.05) is 0 Å². The molecule has 0 aliphatic heterocycles. The van der Waals surface area contributed by atoms with Gasteiger partial charge < -0.3 is 9.72 Å². The first-order valence-corrected chi connectivity index (χ1v) is 14.3. The van der Waals surface area contributed by atoms with Crippen LogP contribution in [0.15, 0.2) is 97.4 Å². The smallest absolute Gasteiger partial charge is 0.343 e. The largest absolute Gasteiger partial charge is 0.421 e. The van der Waals surface area contributed by atoms with Crippen molar-refractivity contribution in [3.63, 3.8) is 0 Å². The summed E-state index contributed by atoms with van der Waals surface area (Å²) in [6.07, 6.45) is 1.36. The van der Waals surface area contributed by atoms with Gasteiger partial charge in [-0.25, -0.2) is 14.6 Å². The summed E-state index contributed by atoms with van der Waals surface area (Å²) in [6, 6.07) is 21.3. The van der Waals surface area contributed by atoms with Crippen LogP contribution < -0.4 is 10.2 Å². The van der Waals surface area contributed by atoms with E-state index in [2.05, 4.69) is 63.3 Å². The molecule has 0 spiro atoms. The second kappa shape index (κ2) is 12.1. The molecule has 4 aromatic carbocycles. The van der Waals surface area contributed by atoms with Gasteiger partial charge in [0.2, 0.25) is 0 Å². The van der Waals surface area contributed by atoms with Gasteiger partial charge >= 0.3 is 5.97 Å². The van der Waals surface area contributed by atoms with Crippen LogP contribution in [0, 0.1) is 5.82 Å². The van der Waals surface area contributed by atoms with E-state index < -0.39 is 17.7 Å². The Balaban J connectivity index is 1.45. The van der Waals surface area contributed by atoms with Crippen molar-refractivity contribution >= 4 is 88.4 Å². The molecule has 0 atom stereocenters. The van der Waals surface area contributed by atoms with E-state index in [1.165, 1.54) is 18.3 Å². The van der Waals surface area contributed by atoms with Crippen LogP contribution in [0.3, 0.4) is 0 Å². The minimum absolute atomic E-state index is 0.156. The van der Waals surface area contributed by atoms with Crippen LogP contribution in [0.2, 0.25) is 5.02 Å². The number of esters is 1. The number of benzene rings is 4. The number of ether oxygens (including phenoxy) is 1. The van der Waals surface area contributed by atoms with Crippen LogP contribution in [0.4, 0.5) is 4.39 Å². The first kappa shape index (κ1) is 28.2. The van der Waals surface area contributed by atoms with Crippen LogP contribution in [0.1, 0.15) is 26.4 Å². The molecule has 0 unspecified atom stereocenters. The zero-order chi connectivity index (χ0) is 28.4. The molecule has 1 aromatic heterocycles. The van der Waals surface area contributed by atoms with Gasteiger partial charge in [-0.2, -0.15) is 5.10 Å². The monoisotopic (exact) mass is 745 g/mol. The molecular weight excluding hydrogens is 733 g/mol. The molecule has 40 heavy (non-hydrogen) atoms. The van der Waals surface area contributed by atoms with Crippen LogP contribution in [-0.2, 0) is 0 Å². The summed E-state index contributed by atoms with van der Waals surface area (Å²) in [6.45, 7) is 0. The number of hydrazone groups is 1. The Labute approximate surface area is 258 Å². The fraction of sp³-hybridized carbons (Fsp3) is 0. The summed E-state index contributed by atoms with van der Waals surface area (Å²) in [5.74, 6) is -1.38. The summed E-state index contributed by atoms with van der Waals surface area (Å²) in [7, 11) is 0. The molecule has 6 nitrogen and oxygen atoms in total. The third-order valence-electron chi connectivity index (χ3n) is 5.81. The van der Waals surface area contributed by atoms with Gasteiger partial charge in [-0.05, 0) is 76.6 Å². The summed E-state index contributed by atoms with van der Waals surface area (Å²) in [5, 5.41) is 5.01. The molecule has 2 N–H and O–H groups in total. The number of halogens is 5. The van der Waals surface area contributed by atoms with E-state index in [0.29, 0.717) is 47.1 Å². The number of rotatable bonds is 6. The van der Waals surface area contributed by atoms with Gasteiger partial charge in [0.05, 0.1) is 16.3 Å². The first-order valence-electron chi connectivity index (χ1n) is 11.6. The highest BCUT2D eigenvalue weighted by molar-refractivity contribution is 9.11. The van der Waals surface area contributed by atoms with Gasteiger partial charge in [0.15, 0.2) is 5.75 Å². The molecule has 11 heteroatoms. The van der Waals surface area contributed by atoms with Gasteiger partial charge in [0.1, 0.15) is 11.5 Å². The summed E-state index contributed by atoms with van der Waals surface area (Å²) in [5.41, 5.74) is 4.99. The number of hydrogen-bond donors (Lipinski definition) is 2. The molecule has 0 aliphatic carbocycles. The molecule has 0 radical (unpaired) electrons. The van der Waals surface area contributed by atoms with E-state index in [1.807, 2.05) is 0 Å². The minimum atomic E-state index is -0.578. The van der Waals surface area contributed by atoms with Gasteiger partial charge in [0.25, 0.3) is 5.91 Å². The van der Waals surface area contributed by atoms with Crippen molar-refractivity contribution in [3.05, 3.63) is 120 Å². The maximum atomic E-state index is 14.1. The number of aromatic amines is 1. The van der Waals surface area contributed by atoms with E-state index >= 15 is 0 Å². The lowest BCUT2D eigenvalue weighted by molar-refractivity contribution is 0.0732. The van der Waals surface area contributed by atoms with Crippen molar-refractivity contribution < 1.29 is 18.7 Å². The Morgan fingerprint density at radius 1 is 0.950 bits per heavy atom. The lowest BCUT2D eigenvalue weighted by Gasteiger charge is -2.11. The molecule has 200 valence electrons. The molecule has 1 amide bonds. The zero-order valence-corrected chi connectivity index (χ0v) is 25.7. The number of aromatic nitrogens is 1. The summed E-state index contributed by atoms with van der Waals surface area (Å²) < 4.78 is 21.8. The summed E-state index contributed by atoms with van der Waals surface area (Å²) in [4.78, 5) is 29.1. The van der Waals surface area contributed by atoms with Crippen molar-refractivity contribution in [2.45, 2.75) is 0 Å². The fourth-order valence-electron chi connectivity index (χ4n) is 4.02. The van der Waals surface area contributed by atoms with E-state index in [-0.39, 0.29) is 11.4 Å². The predicted octanol–water partition coefficient (Wildman–Crippen LogP) is 8.90. The maximum Gasteiger partial charge on any atom is 0.343 e. The quantitative estimate of drug-likeness (QED) is 0.0788. The Hall–Kier alpha value is -3.31. The number of carbonyl (C=O) groups excluding carboxylic acids is 2. The van der Waals surface area contributed by atoms with Crippen LogP contribution >= 0.6 is 59.4 Å². The number of amides is 1. The number of nitrogens with one attached hydrogen (secondary N) is 2. The van der Waals surface area contributed by atoms with Crippen LogP contribution in [0.5, 0.6) is 5.75 Å². The normalized spacial score (nSPS) is 11.2. The number of hydrogen-bond acceptors (Lipinski definition) is 4. The Kier molecular flexibility index (Phi) is 8.51. The lowest BCUT2D eigenvalue weighted by Crippen LogP contribution is -2.19. The van der Waals surface area contributed by atoms with Crippen molar-refractivity contribution in [1.29, 1.82) is 0 Å². The Morgan fingerprint density at radius 2 is 1.70 bits per heavy atom. The number of fused-ring (bicyclic) bond motifs is 1. The topological polar surface area (TPSA) is 83.5 Å². The molecule has 0 aliphatic rings. The third-order valence-corrected chi connectivity index (χ3v) is 7.72. The highest BCUT2D eigenvalue weighted by Crippen LogP contribution is 2.37. The second-order valence-electron chi connectivity index (χ2n) is 8.45. The van der Waals surface area contributed by atoms with Gasteiger partial charge in [0, 0.05) is 41.6 Å². The fourth-order valence-corrected chi connectivity index (χ4v) is 5.85. The molecule has 5 rings (SSSR count). The molecule has 0 saturated heterocycles. The maximum absolute atomic E-state index is 14.1. The average Bonchev–Trinajstić information content (AvgIpc) is 3.29. The predicted molar refractivity (Wildman–Crippen MR) is 165 cm³/mol. The van der Waals surface area contributed by atoms with Crippen molar-refractivity contribution in [1.82, 2.24) is 10.4 Å². The highest BCUT2D eigenvalue weighted by atomic mass is 79.9. The second-order valence-corrected chi connectivity index (χ2v) is 11.5. The molecule has 0 fully saturated rings. The molecule has 0 bridgehead atoms. The number of H-pyrrole nitrogens is 1. The van der Waals surface area contributed by atoms with E-state index in [4.69, 9.17) is 16.3 Å². The first-order chi connectivity index (χ1) is 19.2. The van der Waals surface area contributed by atoms with Gasteiger partial charge in [-0.1, -0.05) is 61.7 Å². The number of carbonyl (C=O) groups is 2. The van der Waals surface area contributed by atoms with E-state index in [9.17, 15) is 14.0 Å². The van der Waals surface area contributed by atoms with Crippen LogP contribution in [-0.4, -0.2) is 23.1 Å². The van der Waals surface area contributed by atoms with Gasteiger partial charge in [-0.3, -0.25) is 4.79 Å². The van der Waals surface area contributed by atoms with Crippen LogP contribution in [0.25, 0.3) is 22.0 Å². The van der Waals surface area contributed by atoms with Crippen molar-refractivity contribution in [3.8, 4) is 16.9 Å². The Morgan fingerprint density at radius 3 is 2.45 bits per heavy atom. The van der Waals surface area contributed by atoms with E-state index in [1.54, 1.807) is 66.7 Å². The number of nitrogens with zero attached hydrogens (tertiary/aromatic N) is 1. The summed E-state index contributed by atoms with van der Waals surface area (Å²) >= 11 is 16.6. The SMILES string of the molecule is O=C(Oc1c(Br)cc(Br)cc1C=NNC(=O)c1[nH]c2ccc(F)cc2c1-c1ccccc1Cl)c1ccc(Br)cc1. The molecule has 5 aromatic rings. The van der Waals surface area contributed by atoms with Crippen molar-refractivity contribution in [2.24, 2.45) is 5.10 Å². The van der Waals surface area contributed by atoms with Gasteiger partial charge in [-0.15, -0.1) is 0 Å². The third kappa shape index (κ3) is 6.05.